The maximum atomic E-state index is 11.2. The molecule has 15 heavy (non-hydrogen) atoms. The van der Waals surface area contributed by atoms with Gasteiger partial charge in [0.15, 0.2) is 6.29 Å². The van der Waals surface area contributed by atoms with E-state index in [0.717, 1.165) is 13.2 Å². The van der Waals surface area contributed by atoms with E-state index in [1.807, 2.05) is 0 Å². The molecule has 5 nitrogen and oxygen atoms in total. The standard InChI is InChI=1S/C10H7NO4/c1-15-10(14)9-7(5-12)2-6(4-11)3-8(9)13/h2-3,5,13H,1H3. The molecule has 0 saturated carbocycles. The quantitative estimate of drug-likeness (QED) is 0.571. The molecule has 0 aromatic heterocycles. The van der Waals surface area contributed by atoms with Crippen molar-refractivity contribution in [1.82, 2.24) is 0 Å². The van der Waals surface area contributed by atoms with Crippen LogP contribution in [0, 0.1) is 11.3 Å². The second-order valence-corrected chi connectivity index (χ2v) is 2.68. The van der Waals surface area contributed by atoms with Gasteiger partial charge in [-0.3, -0.25) is 4.79 Å². The average molecular weight is 205 g/mol. The van der Waals surface area contributed by atoms with Gasteiger partial charge in [-0.05, 0) is 12.1 Å². The molecule has 0 spiro atoms. The second kappa shape index (κ2) is 4.24. The number of ether oxygens (including phenoxy) is 1. The second-order valence-electron chi connectivity index (χ2n) is 2.68. The first-order valence-corrected chi connectivity index (χ1v) is 3.94. The van der Waals surface area contributed by atoms with Crippen molar-refractivity contribution in [3.63, 3.8) is 0 Å². The van der Waals surface area contributed by atoms with Gasteiger partial charge in [0, 0.05) is 5.56 Å². The van der Waals surface area contributed by atoms with Crippen LogP contribution in [0.15, 0.2) is 12.1 Å². The first-order chi connectivity index (χ1) is 7.13. The lowest BCUT2D eigenvalue weighted by molar-refractivity contribution is 0.0595. The van der Waals surface area contributed by atoms with Crippen LogP contribution >= 0.6 is 0 Å². The summed E-state index contributed by atoms with van der Waals surface area (Å²) >= 11 is 0. The molecule has 0 aliphatic heterocycles. The Balaban J connectivity index is 3.45. The Morgan fingerprint density at radius 2 is 2.27 bits per heavy atom. The van der Waals surface area contributed by atoms with Gasteiger partial charge in [-0.1, -0.05) is 0 Å². The smallest absolute Gasteiger partial charge is 0.342 e. The molecule has 0 radical (unpaired) electrons. The van der Waals surface area contributed by atoms with Crippen LogP contribution in [0.3, 0.4) is 0 Å². The summed E-state index contributed by atoms with van der Waals surface area (Å²) in [5.41, 5.74) is -0.202. The van der Waals surface area contributed by atoms with Crippen LogP contribution in [0.25, 0.3) is 0 Å². The van der Waals surface area contributed by atoms with E-state index in [1.54, 1.807) is 6.07 Å². The van der Waals surface area contributed by atoms with E-state index in [-0.39, 0.29) is 16.7 Å². The van der Waals surface area contributed by atoms with E-state index in [4.69, 9.17) is 5.26 Å². The minimum absolute atomic E-state index is 0.0709. The summed E-state index contributed by atoms with van der Waals surface area (Å²) in [6, 6.07) is 4.06. The fourth-order valence-electron chi connectivity index (χ4n) is 1.13. The zero-order chi connectivity index (χ0) is 11.4. The highest BCUT2D eigenvalue weighted by atomic mass is 16.5. The number of methoxy groups -OCH3 is 1. The van der Waals surface area contributed by atoms with Gasteiger partial charge in [-0.2, -0.15) is 5.26 Å². The van der Waals surface area contributed by atoms with Crippen LogP contribution < -0.4 is 0 Å². The van der Waals surface area contributed by atoms with E-state index in [0.29, 0.717) is 6.29 Å². The number of hydrogen-bond acceptors (Lipinski definition) is 5. The number of nitriles is 1. The van der Waals surface area contributed by atoms with Crippen LogP contribution in [0.1, 0.15) is 26.3 Å². The molecule has 0 atom stereocenters. The third-order valence-electron chi connectivity index (χ3n) is 1.79. The molecule has 0 heterocycles. The molecule has 1 aromatic rings. The van der Waals surface area contributed by atoms with Crippen LogP contribution in [-0.4, -0.2) is 24.5 Å². The summed E-state index contributed by atoms with van der Waals surface area (Å²) in [4.78, 5) is 21.8. The highest BCUT2D eigenvalue weighted by Gasteiger charge is 2.17. The number of aromatic hydroxyl groups is 1. The highest BCUT2D eigenvalue weighted by Crippen LogP contribution is 2.23. The van der Waals surface area contributed by atoms with Crippen LogP contribution in [0.5, 0.6) is 5.75 Å². The van der Waals surface area contributed by atoms with E-state index >= 15 is 0 Å². The fourth-order valence-corrected chi connectivity index (χ4v) is 1.13. The van der Waals surface area contributed by atoms with Crippen molar-refractivity contribution in [3.05, 3.63) is 28.8 Å². The Hall–Kier alpha value is -2.35. The van der Waals surface area contributed by atoms with Crippen LogP contribution in [0.4, 0.5) is 0 Å². The number of aldehydes is 1. The van der Waals surface area contributed by atoms with Crippen molar-refractivity contribution in [2.75, 3.05) is 7.11 Å². The van der Waals surface area contributed by atoms with E-state index in [2.05, 4.69) is 4.74 Å². The van der Waals surface area contributed by atoms with Crippen LogP contribution in [0.2, 0.25) is 0 Å². The molecule has 0 amide bonds. The molecular formula is C10H7NO4. The van der Waals surface area contributed by atoms with Gasteiger partial charge in [-0.15, -0.1) is 0 Å². The Labute approximate surface area is 85.5 Å². The number of benzene rings is 1. The van der Waals surface area contributed by atoms with E-state index < -0.39 is 11.7 Å². The Morgan fingerprint density at radius 1 is 1.60 bits per heavy atom. The van der Waals surface area contributed by atoms with E-state index in [1.165, 1.54) is 6.07 Å². The van der Waals surface area contributed by atoms with Gasteiger partial charge in [0.1, 0.15) is 11.3 Å². The number of carbonyl (C=O) groups is 2. The molecule has 1 N–H and O–H groups in total. The Morgan fingerprint density at radius 3 is 2.73 bits per heavy atom. The largest absolute Gasteiger partial charge is 0.507 e. The summed E-state index contributed by atoms with van der Waals surface area (Å²) in [5, 5.41) is 18.0. The molecule has 76 valence electrons. The van der Waals surface area contributed by atoms with Gasteiger partial charge in [0.2, 0.25) is 0 Å². The predicted molar refractivity (Wildman–Crippen MR) is 49.5 cm³/mol. The molecule has 0 fully saturated rings. The van der Waals surface area contributed by atoms with Gasteiger partial charge in [-0.25, -0.2) is 4.79 Å². The van der Waals surface area contributed by atoms with Crippen molar-refractivity contribution >= 4 is 12.3 Å². The van der Waals surface area contributed by atoms with Crippen molar-refractivity contribution in [2.24, 2.45) is 0 Å². The van der Waals surface area contributed by atoms with Crippen molar-refractivity contribution in [3.8, 4) is 11.8 Å². The lowest BCUT2D eigenvalue weighted by Gasteiger charge is -2.05. The molecule has 5 heteroatoms. The lowest BCUT2D eigenvalue weighted by Crippen LogP contribution is -2.06. The van der Waals surface area contributed by atoms with Crippen LogP contribution in [-0.2, 0) is 4.74 Å². The zero-order valence-electron chi connectivity index (χ0n) is 7.85. The average Bonchev–Trinajstić information content (AvgIpc) is 2.26. The summed E-state index contributed by atoms with van der Waals surface area (Å²) in [5.74, 6) is -1.26. The molecule has 0 unspecified atom stereocenters. The SMILES string of the molecule is COC(=O)c1c(O)cc(C#N)cc1C=O. The Bertz CT molecular complexity index is 459. The maximum absolute atomic E-state index is 11.2. The molecule has 0 aliphatic rings. The summed E-state index contributed by atoms with van der Waals surface area (Å²) in [6.45, 7) is 0. The summed E-state index contributed by atoms with van der Waals surface area (Å²) in [7, 11) is 1.13. The van der Waals surface area contributed by atoms with E-state index in [9.17, 15) is 14.7 Å². The number of carbonyl (C=O) groups excluding carboxylic acids is 2. The number of rotatable bonds is 2. The van der Waals surface area contributed by atoms with Crippen molar-refractivity contribution in [1.29, 1.82) is 5.26 Å². The number of nitrogens with zero attached hydrogens (tertiary/aromatic N) is 1. The fraction of sp³-hybridized carbons (Fsp3) is 0.100. The molecule has 0 saturated heterocycles. The predicted octanol–water partition coefficient (Wildman–Crippen LogP) is 0.863. The first kappa shape index (κ1) is 10.7. The molecule has 0 bridgehead atoms. The van der Waals surface area contributed by atoms with Gasteiger partial charge < -0.3 is 9.84 Å². The van der Waals surface area contributed by atoms with Gasteiger partial charge in [0.25, 0.3) is 0 Å². The molecule has 1 rings (SSSR count). The monoisotopic (exact) mass is 205 g/mol. The summed E-state index contributed by atoms with van der Waals surface area (Å²) < 4.78 is 4.39. The van der Waals surface area contributed by atoms with Gasteiger partial charge >= 0.3 is 5.97 Å². The lowest BCUT2D eigenvalue weighted by atomic mass is 10.0. The third-order valence-corrected chi connectivity index (χ3v) is 1.79. The molecule has 1 aromatic carbocycles. The molecular weight excluding hydrogens is 198 g/mol. The third kappa shape index (κ3) is 1.94. The normalized spacial score (nSPS) is 9.07. The molecule has 0 aliphatic carbocycles. The Kier molecular flexibility index (Phi) is 3.03. The van der Waals surface area contributed by atoms with Crippen molar-refractivity contribution < 1.29 is 19.4 Å². The van der Waals surface area contributed by atoms with Gasteiger partial charge in [0.05, 0.1) is 18.7 Å². The minimum Gasteiger partial charge on any atom is -0.507 e. The number of hydrogen-bond donors (Lipinski definition) is 1. The zero-order valence-corrected chi connectivity index (χ0v) is 7.85. The minimum atomic E-state index is -0.820. The number of phenolic OH excluding ortho intramolecular Hbond substituents is 1. The number of esters is 1. The topological polar surface area (TPSA) is 87.4 Å². The highest BCUT2D eigenvalue weighted by molar-refractivity contribution is 6.01. The first-order valence-electron chi connectivity index (χ1n) is 3.94. The summed E-state index contributed by atoms with van der Waals surface area (Å²) in [6.07, 6.45) is 0.382. The number of phenols is 1. The maximum Gasteiger partial charge on any atom is 0.342 e. The van der Waals surface area contributed by atoms with Crippen molar-refractivity contribution in [2.45, 2.75) is 0 Å².